The van der Waals surface area contributed by atoms with Crippen LogP contribution in [0.5, 0.6) is 5.88 Å². The Kier molecular flexibility index (Phi) is 4.91. The number of rotatable bonds is 5. The third-order valence-electron chi connectivity index (χ3n) is 4.96. The molecule has 0 aliphatic carbocycles. The Morgan fingerprint density at radius 3 is 3.00 bits per heavy atom. The van der Waals surface area contributed by atoms with Crippen molar-refractivity contribution in [1.29, 1.82) is 0 Å². The molecule has 0 saturated carbocycles. The summed E-state index contributed by atoms with van der Waals surface area (Å²) in [5.74, 6) is 1.32. The molecule has 1 aromatic carbocycles. The van der Waals surface area contributed by atoms with Gasteiger partial charge in [-0.05, 0) is 43.0 Å². The van der Waals surface area contributed by atoms with Crippen molar-refractivity contribution in [2.24, 2.45) is 11.8 Å². The van der Waals surface area contributed by atoms with Crippen molar-refractivity contribution in [2.45, 2.75) is 32.6 Å². The van der Waals surface area contributed by atoms with Crippen LogP contribution in [0.25, 0.3) is 10.9 Å². The van der Waals surface area contributed by atoms with E-state index < -0.39 is 0 Å². The number of nitrogens with zero attached hydrogens (tertiary/aromatic N) is 1. The van der Waals surface area contributed by atoms with Crippen LogP contribution in [0.2, 0.25) is 0 Å². The molecule has 122 valence electrons. The summed E-state index contributed by atoms with van der Waals surface area (Å²) < 4.78 is 0. The number of para-hydroxylation sites is 1. The van der Waals surface area contributed by atoms with Crippen LogP contribution in [0.15, 0.2) is 30.3 Å². The predicted molar refractivity (Wildman–Crippen MR) is 91.5 cm³/mol. The summed E-state index contributed by atoms with van der Waals surface area (Å²) in [5, 5.41) is 14.2. The van der Waals surface area contributed by atoms with Gasteiger partial charge < -0.3 is 10.4 Å². The number of Topliss-reactive ketones (excluding diaryl/α,β-unsaturated/α-hetero) is 1. The Labute approximate surface area is 136 Å². The molecule has 0 bridgehead atoms. The van der Waals surface area contributed by atoms with Crippen LogP contribution >= 0.6 is 0 Å². The number of aromatic hydroxyl groups is 1. The van der Waals surface area contributed by atoms with Gasteiger partial charge in [-0.15, -0.1) is 0 Å². The minimum absolute atomic E-state index is 0.0141. The predicted octanol–water partition coefficient (Wildman–Crippen LogP) is 3.08. The zero-order valence-corrected chi connectivity index (χ0v) is 13.6. The summed E-state index contributed by atoms with van der Waals surface area (Å²) in [6, 6.07) is 9.28. The molecule has 1 saturated heterocycles. The standard InChI is InChI=1S/C19H24N2O2/c1-2-13-12-20-8-7-14(13)9-16(22)10-15-11-19(23)21-18-6-4-3-5-17(15)18/h3-6,11,13-14,20H,2,7-10,12H2,1H3,(H,21,23)/t13-,14?/m1/s1. The Bertz CT molecular complexity index is 699. The van der Waals surface area contributed by atoms with Crippen LogP contribution in [0.3, 0.4) is 0 Å². The second-order valence-electron chi connectivity index (χ2n) is 6.50. The first-order valence-corrected chi connectivity index (χ1v) is 8.47. The van der Waals surface area contributed by atoms with E-state index in [4.69, 9.17) is 0 Å². The van der Waals surface area contributed by atoms with Gasteiger partial charge in [0.1, 0.15) is 5.78 Å². The topological polar surface area (TPSA) is 62.2 Å². The molecule has 1 unspecified atom stereocenters. The number of piperidine rings is 1. The van der Waals surface area contributed by atoms with Crippen LogP contribution in [-0.4, -0.2) is 29.0 Å². The fraction of sp³-hybridized carbons (Fsp3) is 0.474. The molecular formula is C19H24N2O2. The average molecular weight is 312 g/mol. The third-order valence-corrected chi connectivity index (χ3v) is 4.96. The summed E-state index contributed by atoms with van der Waals surface area (Å²) >= 11 is 0. The molecule has 2 atom stereocenters. The van der Waals surface area contributed by atoms with E-state index in [0.717, 1.165) is 42.4 Å². The highest BCUT2D eigenvalue weighted by Gasteiger charge is 2.25. The molecule has 1 aromatic heterocycles. The molecule has 23 heavy (non-hydrogen) atoms. The summed E-state index contributed by atoms with van der Waals surface area (Å²) in [6.07, 6.45) is 3.20. The largest absolute Gasteiger partial charge is 0.493 e. The fourth-order valence-electron chi connectivity index (χ4n) is 3.68. The second-order valence-corrected chi connectivity index (χ2v) is 6.50. The number of fused-ring (bicyclic) bond motifs is 1. The molecular weight excluding hydrogens is 288 g/mol. The van der Waals surface area contributed by atoms with Crippen LogP contribution in [0.1, 0.15) is 31.7 Å². The smallest absolute Gasteiger partial charge is 0.211 e. The van der Waals surface area contributed by atoms with Crippen LogP contribution in [-0.2, 0) is 11.2 Å². The number of ketones is 1. The maximum Gasteiger partial charge on any atom is 0.211 e. The Hall–Kier alpha value is -1.94. The van der Waals surface area contributed by atoms with Gasteiger partial charge in [-0.25, -0.2) is 4.98 Å². The maximum absolute atomic E-state index is 12.6. The number of carbonyl (C=O) groups is 1. The van der Waals surface area contributed by atoms with Crippen LogP contribution < -0.4 is 5.32 Å². The summed E-state index contributed by atoms with van der Waals surface area (Å²) in [6.45, 7) is 4.23. The SMILES string of the molecule is CC[C@@H]1CNCCC1CC(=O)Cc1cc(O)nc2ccccc12. The van der Waals surface area contributed by atoms with E-state index in [1.807, 2.05) is 24.3 Å². The number of pyridine rings is 1. The number of hydrogen-bond acceptors (Lipinski definition) is 4. The minimum atomic E-state index is -0.0141. The van der Waals surface area contributed by atoms with Gasteiger partial charge in [0.15, 0.2) is 0 Å². The number of benzene rings is 1. The molecule has 1 aliphatic rings. The van der Waals surface area contributed by atoms with E-state index in [-0.39, 0.29) is 11.7 Å². The molecule has 2 heterocycles. The minimum Gasteiger partial charge on any atom is -0.493 e. The van der Waals surface area contributed by atoms with E-state index in [1.54, 1.807) is 6.07 Å². The lowest BCUT2D eigenvalue weighted by atomic mass is 9.80. The van der Waals surface area contributed by atoms with E-state index in [0.29, 0.717) is 24.7 Å². The Balaban J connectivity index is 1.75. The van der Waals surface area contributed by atoms with Crippen molar-refractivity contribution in [3.63, 3.8) is 0 Å². The van der Waals surface area contributed by atoms with Gasteiger partial charge in [0.05, 0.1) is 5.52 Å². The van der Waals surface area contributed by atoms with Gasteiger partial charge in [-0.1, -0.05) is 31.5 Å². The first kappa shape index (κ1) is 15.9. The first-order valence-electron chi connectivity index (χ1n) is 8.47. The molecule has 0 radical (unpaired) electrons. The number of hydrogen-bond donors (Lipinski definition) is 2. The quantitative estimate of drug-likeness (QED) is 0.890. The first-order chi connectivity index (χ1) is 11.2. The van der Waals surface area contributed by atoms with Crippen molar-refractivity contribution < 1.29 is 9.90 Å². The third kappa shape index (κ3) is 3.70. The van der Waals surface area contributed by atoms with Crippen molar-refractivity contribution in [3.05, 3.63) is 35.9 Å². The highest BCUT2D eigenvalue weighted by Crippen LogP contribution is 2.27. The molecule has 1 aliphatic heterocycles. The van der Waals surface area contributed by atoms with Crippen molar-refractivity contribution >= 4 is 16.7 Å². The number of nitrogens with one attached hydrogen (secondary N) is 1. The number of aromatic nitrogens is 1. The second kappa shape index (κ2) is 7.09. The summed E-state index contributed by atoms with van der Waals surface area (Å²) in [5.41, 5.74) is 1.61. The number of carbonyl (C=O) groups excluding carboxylic acids is 1. The molecule has 1 fully saturated rings. The van der Waals surface area contributed by atoms with Crippen LogP contribution in [0, 0.1) is 11.8 Å². The highest BCUT2D eigenvalue weighted by atomic mass is 16.3. The van der Waals surface area contributed by atoms with E-state index in [9.17, 15) is 9.90 Å². The molecule has 2 aromatic rings. The van der Waals surface area contributed by atoms with Crippen LogP contribution in [0.4, 0.5) is 0 Å². The van der Waals surface area contributed by atoms with E-state index >= 15 is 0 Å². The van der Waals surface area contributed by atoms with Crippen molar-refractivity contribution in [1.82, 2.24) is 10.3 Å². The molecule has 0 spiro atoms. The van der Waals surface area contributed by atoms with Gasteiger partial charge in [0.2, 0.25) is 5.88 Å². The lowest BCUT2D eigenvalue weighted by Gasteiger charge is -2.31. The van der Waals surface area contributed by atoms with Gasteiger partial charge in [0.25, 0.3) is 0 Å². The zero-order valence-electron chi connectivity index (χ0n) is 13.6. The van der Waals surface area contributed by atoms with Gasteiger partial charge >= 0.3 is 0 Å². The Morgan fingerprint density at radius 1 is 1.35 bits per heavy atom. The highest BCUT2D eigenvalue weighted by molar-refractivity contribution is 5.89. The Morgan fingerprint density at radius 2 is 2.17 bits per heavy atom. The molecule has 3 rings (SSSR count). The molecule has 0 amide bonds. The monoisotopic (exact) mass is 312 g/mol. The van der Waals surface area contributed by atoms with Gasteiger partial charge in [-0.2, -0.15) is 0 Å². The summed E-state index contributed by atoms with van der Waals surface area (Å²) in [7, 11) is 0. The van der Waals surface area contributed by atoms with E-state index in [1.165, 1.54) is 0 Å². The average Bonchev–Trinajstić information content (AvgIpc) is 2.55. The van der Waals surface area contributed by atoms with Crippen molar-refractivity contribution in [3.8, 4) is 5.88 Å². The fourth-order valence-corrected chi connectivity index (χ4v) is 3.68. The lowest BCUT2D eigenvalue weighted by Crippen LogP contribution is -2.37. The normalized spacial score (nSPS) is 21.4. The van der Waals surface area contributed by atoms with Crippen molar-refractivity contribution in [2.75, 3.05) is 13.1 Å². The van der Waals surface area contributed by atoms with Gasteiger partial charge in [0, 0.05) is 24.3 Å². The molecule has 4 heteroatoms. The zero-order chi connectivity index (χ0) is 16.2. The molecule has 2 N–H and O–H groups in total. The maximum atomic E-state index is 12.6. The molecule has 4 nitrogen and oxygen atoms in total. The summed E-state index contributed by atoms with van der Waals surface area (Å²) in [4.78, 5) is 16.7. The lowest BCUT2D eigenvalue weighted by molar-refractivity contribution is -0.119. The van der Waals surface area contributed by atoms with Gasteiger partial charge in [-0.3, -0.25) is 4.79 Å². The van der Waals surface area contributed by atoms with E-state index in [2.05, 4.69) is 17.2 Å².